The zero-order valence-corrected chi connectivity index (χ0v) is 18.1. The molecular weight excluding hydrogens is 408 g/mol. The summed E-state index contributed by atoms with van der Waals surface area (Å²) in [4.78, 5) is 31.4. The summed E-state index contributed by atoms with van der Waals surface area (Å²) in [6.07, 6.45) is 0.758. The largest absolute Gasteiger partial charge is 0.497 e. The molecule has 1 aliphatic heterocycles. The van der Waals surface area contributed by atoms with Crippen LogP contribution in [0.1, 0.15) is 34.0 Å². The number of rotatable bonds is 3. The predicted molar refractivity (Wildman–Crippen MR) is 122 cm³/mol. The molecule has 2 aromatic carbocycles. The molecule has 0 saturated carbocycles. The average molecular weight is 432 g/mol. The Morgan fingerprint density at radius 2 is 1.91 bits per heavy atom. The molecule has 0 saturated heterocycles. The van der Waals surface area contributed by atoms with Crippen LogP contribution in [0, 0.1) is 13.8 Å². The van der Waals surface area contributed by atoms with Crippen molar-refractivity contribution < 1.29 is 9.84 Å². The van der Waals surface area contributed by atoms with E-state index in [1.54, 1.807) is 13.2 Å². The predicted octanol–water partition coefficient (Wildman–Crippen LogP) is 2.57. The molecular formula is C24H24N4O4. The number of ether oxygens (including phenoxy) is 1. The average Bonchev–Trinajstić information content (AvgIpc) is 3.13. The van der Waals surface area contributed by atoms with Gasteiger partial charge in [0, 0.05) is 23.1 Å². The van der Waals surface area contributed by atoms with E-state index in [-0.39, 0.29) is 11.4 Å². The van der Waals surface area contributed by atoms with Crippen molar-refractivity contribution in [2.45, 2.75) is 26.3 Å². The van der Waals surface area contributed by atoms with Crippen molar-refractivity contribution in [2.24, 2.45) is 0 Å². The Kier molecular flexibility index (Phi) is 4.67. The fourth-order valence-electron chi connectivity index (χ4n) is 4.66. The van der Waals surface area contributed by atoms with Crippen molar-refractivity contribution in [3.63, 3.8) is 0 Å². The van der Waals surface area contributed by atoms with Gasteiger partial charge in [-0.05, 0) is 55.7 Å². The molecule has 3 heterocycles. The SMILES string of the molecule is COc1ccc2[nH]c3c(c2c1)CCN[C@@H]3c1c(O)n(-c2ccc(C)cc2C)c(=O)[nH]c1=O. The summed E-state index contributed by atoms with van der Waals surface area (Å²) in [5.74, 6) is 0.380. The van der Waals surface area contributed by atoms with Crippen LogP contribution in [0.15, 0.2) is 46.0 Å². The van der Waals surface area contributed by atoms with Crippen LogP contribution in [0.2, 0.25) is 0 Å². The summed E-state index contributed by atoms with van der Waals surface area (Å²) >= 11 is 0. The van der Waals surface area contributed by atoms with Gasteiger partial charge in [0.15, 0.2) is 0 Å². The third-order valence-electron chi connectivity index (χ3n) is 6.16. The molecule has 0 spiro atoms. The number of hydrogen-bond donors (Lipinski definition) is 4. The van der Waals surface area contributed by atoms with Crippen LogP contribution in [0.4, 0.5) is 0 Å². The van der Waals surface area contributed by atoms with Crippen molar-refractivity contribution in [2.75, 3.05) is 13.7 Å². The van der Waals surface area contributed by atoms with Gasteiger partial charge in [-0.2, -0.15) is 0 Å². The van der Waals surface area contributed by atoms with E-state index < -0.39 is 17.3 Å². The molecule has 0 bridgehead atoms. The molecule has 8 heteroatoms. The van der Waals surface area contributed by atoms with Crippen molar-refractivity contribution in [1.82, 2.24) is 19.9 Å². The maximum atomic E-state index is 12.9. The Balaban J connectivity index is 1.73. The third-order valence-corrected chi connectivity index (χ3v) is 6.16. The summed E-state index contributed by atoms with van der Waals surface area (Å²) in [5.41, 5.74) is 3.96. The summed E-state index contributed by atoms with van der Waals surface area (Å²) in [5, 5.41) is 15.5. The molecule has 2 aromatic heterocycles. The normalized spacial score (nSPS) is 15.7. The van der Waals surface area contributed by atoms with Crippen LogP contribution in [0.25, 0.3) is 16.6 Å². The summed E-state index contributed by atoms with van der Waals surface area (Å²) in [6.45, 7) is 4.43. The molecule has 0 unspecified atom stereocenters. The topological polar surface area (TPSA) is 112 Å². The lowest BCUT2D eigenvalue weighted by molar-refractivity contribution is 0.409. The number of aromatic amines is 2. The van der Waals surface area contributed by atoms with Gasteiger partial charge in [0.2, 0.25) is 5.88 Å². The smallest absolute Gasteiger partial charge is 0.335 e. The van der Waals surface area contributed by atoms with E-state index in [0.29, 0.717) is 12.2 Å². The monoisotopic (exact) mass is 432 g/mol. The van der Waals surface area contributed by atoms with Crippen molar-refractivity contribution in [3.05, 3.63) is 85.2 Å². The van der Waals surface area contributed by atoms with Gasteiger partial charge in [-0.15, -0.1) is 0 Å². The Labute approximate surface area is 183 Å². The zero-order valence-electron chi connectivity index (χ0n) is 18.1. The molecule has 5 rings (SSSR count). The van der Waals surface area contributed by atoms with Gasteiger partial charge in [0.05, 0.1) is 18.8 Å². The number of aromatic nitrogens is 3. The van der Waals surface area contributed by atoms with E-state index in [0.717, 1.165) is 50.0 Å². The Bertz CT molecular complexity index is 1480. The second kappa shape index (κ2) is 7.42. The number of methoxy groups -OCH3 is 1. The zero-order chi connectivity index (χ0) is 22.6. The number of hydrogen-bond acceptors (Lipinski definition) is 5. The summed E-state index contributed by atoms with van der Waals surface area (Å²) in [7, 11) is 1.62. The number of nitrogens with one attached hydrogen (secondary N) is 3. The molecule has 0 amide bonds. The standard InChI is InChI=1S/C24H24N4O4/c1-12-4-7-18(13(2)10-12)28-23(30)19(22(29)27-24(28)31)21-20-15(8-9-25-21)16-11-14(32-3)5-6-17(16)26-20/h4-7,10-11,21,25-26,30H,8-9H2,1-3H3,(H,27,29,31)/t21-/m1/s1. The number of H-pyrrole nitrogens is 2. The second-order valence-corrected chi connectivity index (χ2v) is 8.19. The van der Waals surface area contributed by atoms with Gasteiger partial charge in [-0.3, -0.25) is 9.78 Å². The fourth-order valence-corrected chi connectivity index (χ4v) is 4.66. The van der Waals surface area contributed by atoms with Crippen molar-refractivity contribution >= 4 is 10.9 Å². The highest BCUT2D eigenvalue weighted by Crippen LogP contribution is 2.36. The van der Waals surface area contributed by atoms with E-state index in [1.807, 2.05) is 44.2 Å². The van der Waals surface area contributed by atoms with Gasteiger partial charge in [-0.1, -0.05) is 17.7 Å². The number of fused-ring (bicyclic) bond motifs is 3. The minimum Gasteiger partial charge on any atom is -0.497 e. The highest BCUT2D eigenvalue weighted by atomic mass is 16.5. The number of aryl methyl sites for hydroxylation is 2. The van der Waals surface area contributed by atoms with Gasteiger partial charge in [0.25, 0.3) is 5.56 Å². The molecule has 0 fully saturated rings. The maximum absolute atomic E-state index is 12.9. The van der Waals surface area contributed by atoms with Crippen LogP contribution in [-0.4, -0.2) is 33.3 Å². The van der Waals surface area contributed by atoms with Gasteiger partial charge >= 0.3 is 5.69 Å². The number of aromatic hydroxyl groups is 1. The van der Waals surface area contributed by atoms with Crippen molar-refractivity contribution in [1.29, 1.82) is 0 Å². The first-order valence-electron chi connectivity index (χ1n) is 10.5. The molecule has 0 aliphatic carbocycles. The number of benzene rings is 2. The molecule has 164 valence electrons. The molecule has 1 aliphatic rings. The van der Waals surface area contributed by atoms with E-state index in [4.69, 9.17) is 4.74 Å². The van der Waals surface area contributed by atoms with Gasteiger partial charge in [-0.25, -0.2) is 9.36 Å². The maximum Gasteiger partial charge on any atom is 0.335 e. The molecule has 4 aromatic rings. The quantitative estimate of drug-likeness (QED) is 0.398. The van der Waals surface area contributed by atoms with E-state index in [9.17, 15) is 14.7 Å². The minimum atomic E-state index is -0.680. The number of nitrogens with zero attached hydrogens (tertiary/aromatic N) is 1. The molecule has 4 N–H and O–H groups in total. The highest BCUT2D eigenvalue weighted by molar-refractivity contribution is 5.86. The van der Waals surface area contributed by atoms with E-state index in [2.05, 4.69) is 15.3 Å². The molecule has 32 heavy (non-hydrogen) atoms. The first-order valence-corrected chi connectivity index (χ1v) is 10.5. The van der Waals surface area contributed by atoms with E-state index >= 15 is 0 Å². The second-order valence-electron chi connectivity index (χ2n) is 8.19. The Morgan fingerprint density at radius 1 is 1.09 bits per heavy atom. The summed E-state index contributed by atoms with van der Waals surface area (Å²) in [6, 6.07) is 10.7. The Hall–Kier alpha value is -3.78. The Morgan fingerprint density at radius 3 is 2.66 bits per heavy atom. The molecule has 0 radical (unpaired) electrons. The first kappa shape index (κ1) is 20.1. The lowest BCUT2D eigenvalue weighted by Crippen LogP contribution is -2.38. The molecule has 8 nitrogen and oxygen atoms in total. The first-order chi connectivity index (χ1) is 15.4. The van der Waals surface area contributed by atoms with Crippen LogP contribution in [-0.2, 0) is 6.42 Å². The van der Waals surface area contributed by atoms with Crippen LogP contribution < -0.4 is 21.3 Å². The lowest BCUT2D eigenvalue weighted by atomic mass is 9.95. The molecule has 1 atom stereocenters. The third kappa shape index (κ3) is 3.03. The highest BCUT2D eigenvalue weighted by Gasteiger charge is 2.31. The lowest BCUT2D eigenvalue weighted by Gasteiger charge is -2.25. The van der Waals surface area contributed by atoms with Crippen LogP contribution in [0.5, 0.6) is 11.6 Å². The van der Waals surface area contributed by atoms with E-state index in [1.165, 1.54) is 0 Å². The summed E-state index contributed by atoms with van der Waals surface area (Å²) < 4.78 is 6.53. The van der Waals surface area contributed by atoms with Crippen molar-refractivity contribution in [3.8, 4) is 17.3 Å². The van der Waals surface area contributed by atoms with Gasteiger partial charge < -0.3 is 20.1 Å². The van der Waals surface area contributed by atoms with Crippen LogP contribution >= 0.6 is 0 Å². The fraction of sp³-hybridized carbons (Fsp3) is 0.250. The van der Waals surface area contributed by atoms with Gasteiger partial charge in [0.1, 0.15) is 11.3 Å². The van der Waals surface area contributed by atoms with Crippen LogP contribution in [0.3, 0.4) is 0 Å². The minimum absolute atomic E-state index is 0.101.